The first-order chi connectivity index (χ1) is 6.60. The molecule has 14 heavy (non-hydrogen) atoms. The van der Waals surface area contributed by atoms with Crippen LogP contribution >= 0.6 is 0 Å². The molecule has 0 aliphatic carbocycles. The Kier molecular flexibility index (Phi) is 2.55. The molecule has 82 valence electrons. The number of fused-ring (bicyclic) bond motifs is 3. The molecule has 0 spiro atoms. The van der Waals surface area contributed by atoms with Crippen molar-refractivity contribution in [3.63, 3.8) is 0 Å². The molecule has 0 saturated carbocycles. The Balaban J connectivity index is 2.13. The van der Waals surface area contributed by atoms with Crippen LogP contribution in [0.15, 0.2) is 0 Å². The summed E-state index contributed by atoms with van der Waals surface area (Å²) in [5.41, 5.74) is 5.39. The minimum Gasteiger partial charge on any atom is -0.330 e. The lowest BCUT2D eigenvalue weighted by atomic mass is 9.84. The van der Waals surface area contributed by atoms with E-state index >= 15 is 0 Å². The predicted octanol–water partition coefficient (Wildman–Crippen LogP) is 0.708. The molecule has 4 nitrogen and oxygen atoms in total. The molecule has 3 rings (SSSR count). The Morgan fingerprint density at radius 1 is 1.21 bits per heavy atom. The Labute approximate surface area is 84.7 Å². The lowest BCUT2D eigenvalue weighted by molar-refractivity contribution is -0.484. The Morgan fingerprint density at radius 3 is 2.14 bits per heavy atom. The van der Waals surface area contributed by atoms with Crippen molar-refractivity contribution in [3.05, 3.63) is 0 Å². The van der Waals surface area contributed by atoms with Crippen molar-refractivity contribution in [1.29, 1.82) is 0 Å². The smallest absolute Gasteiger partial charge is 0.288 e. The second kappa shape index (κ2) is 3.45. The molecule has 3 aliphatic heterocycles. The van der Waals surface area contributed by atoms with Crippen LogP contribution in [0.25, 0.3) is 0 Å². The molecule has 0 amide bonds. The Bertz CT molecular complexity index is 196. The Hall–Kier alpha value is -0.160. The SMILES string of the molecule is CC(C)(CCN)C12OCC(CO1)CO2. The van der Waals surface area contributed by atoms with Gasteiger partial charge in [-0.25, -0.2) is 0 Å². The van der Waals surface area contributed by atoms with Crippen LogP contribution in [0.2, 0.25) is 0 Å². The van der Waals surface area contributed by atoms with Gasteiger partial charge in [0.1, 0.15) is 0 Å². The zero-order valence-corrected chi connectivity index (χ0v) is 8.91. The highest BCUT2D eigenvalue weighted by Gasteiger charge is 2.54. The molecule has 0 aromatic carbocycles. The van der Waals surface area contributed by atoms with E-state index in [2.05, 4.69) is 13.8 Å². The standard InChI is InChI=1S/C10H19NO3/c1-9(2,3-4-11)10-12-5-8(6-13-10)7-14-10/h8H,3-7,11H2,1-2H3. The van der Waals surface area contributed by atoms with Crippen molar-refractivity contribution in [2.24, 2.45) is 17.1 Å². The highest BCUT2D eigenvalue weighted by atomic mass is 16.9. The summed E-state index contributed by atoms with van der Waals surface area (Å²) < 4.78 is 17.0. The fourth-order valence-corrected chi connectivity index (χ4v) is 2.05. The van der Waals surface area contributed by atoms with Crippen LogP contribution in [0.1, 0.15) is 20.3 Å². The van der Waals surface area contributed by atoms with Gasteiger partial charge < -0.3 is 19.9 Å². The van der Waals surface area contributed by atoms with E-state index in [1.807, 2.05) is 0 Å². The summed E-state index contributed by atoms with van der Waals surface area (Å²) in [5, 5.41) is 0. The first-order valence-corrected chi connectivity index (χ1v) is 5.21. The normalized spacial score (nSPS) is 37.5. The summed E-state index contributed by atoms with van der Waals surface area (Å²) in [4.78, 5) is 0. The summed E-state index contributed by atoms with van der Waals surface area (Å²) in [6, 6.07) is 0. The minimum absolute atomic E-state index is 0.187. The molecule has 0 aromatic heterocycles. The summed E-state index contributed by atoms with van der Waals surface area (Å²) in [6.07, 6.45) is 0.831. The second-order valence-corrected chi connectivity index (χ2v) is 4.78. The molecule has 3 heterocycles. The first-order valence-electron chi connectivity index (χ1n) is 5.21. The van der Waals surface area contributed by atoms with E-state index in [0.29, 0.717) is 12.5 Å². The number of hydrogen-bond donors (Lipinski definition) is 1. The summed E-state index contributed by atoms with van der Waals surface area (Å²) in [7, 11) is 0. The summed E-state index contributed by atoms with van der Waals surface area (Å²) in [6.45, 7) is 7.00. The maximum Gasteiger partial charge on any atom is 0.288 e. The van der Waals surface area contributed by atoms with Gasteiger partial charge in [-0.1, -0.05) is 13.8 Å². The van der Waals surface area contributed by atoms with E-state index in [4.69, 9.17) is 19.9 Å². The third-order valence-corrected chi connectivity index (χ3v) is 3.13. The van der Waals surface area contributed by atoms with E-state index in [9.17, 15) is 0 Å². The lowest BCUT2D eigenvalue weighted by Crippen LogP contribution is -2.61. The molecular formula is C10H19NO3. The number of rotatable bonds is 3. The zero-order chi connectivity index (χ0) is 10.2. The quantitative estimate of drug-likeness (QED) is 0.730. The van der Waals surface area contributed by atoms with E-state index in [1.54, 1.807) is 0 Å². The van der Waals surface area contributed by atoms with Gasteiger partial charge in [0.25, 0.3) is 5.97 Å². The highest BCUT2D eigenvalue weighted by Crippen LogP contribution is 2.44. The van der Waals surface area contributed by atoms with Gasteiger partial charge in [0.15, 0.2) is 0 Å². The fourth-order valence-electron chi connectivity index (χ4n) is 2.05. The van der Waals surface area contributed by atoms with Crippen molar-refractivity contribution >= 4 is 0 Å². The van der Waals surface area contributed by atoms with Gasteiger partial charge in [0.05, 0.1) is 19.8 Å². The predicted molar refractivity (Wildman–Crippen MR) is 51.5 cm³/mol. The highest BCUT2D eigenvalue weighted by molar-refractivity contribution is 4.87. The number of nitrogens with two attached hydrogens (primary N) is 1. The molecule has 0 unspecified atom stereocenters. The van der Waals surface area contributed by atoms with Gasteiger partial charge in [-0.15, -0.1) is 0 Å². The third-order valence-electron chi connectivity index (χ3n) is 3.13. The Morgan fingerprint density at radius 2 is 1.71 bits per heavy atom. The van der Waals surface area contributed by atoms with Crippen molar-refractivity contribution in [2.75, 3.05) is 26.4 Å². The van der Waals surface area contributed by atoms with E-state index in [-0.39, 0.29) is 5.41 Å². The van der Waals surface area contributed by atoms with Crippen LogP contribution in [0.4, 0.5) is 0 Å². The fraction of sp³-hybridized carbons (Fsp3) is 1.00. The molecule has 0 atom stereocenters. The number of ether oxygens (including phenoxy) is 3. The molecule has 3 aliphatic rings. The van der Waals surface area contributed by atoms with Gasteiger partial charge in [0.2, 0.25) is 0 Å². The summed E-state index contributed by atoms with van der Waals surface area (Å²) >= 11 is 0. The van der Waals surface area contributed by atoms with Gasteiger partial charge in [-0.05, 0) is 13.0 Å². The van der Waals surface area contributed by atoms with Crippen molar-refractivity contribution in [1.82, 2.24) is 0 Å². The van der Waals surface area contributed by atoms with Crippen molar-refractivity contribution in [3.8, 4) is 0 Å². The van der Waals surface area contributed by atoms with Gasteiger partial charge in [0, 0.05) is 11.3 Å². The molecule has 0 aromatic rings. The van der Waals surface area contributed by atoms with Crippen LogP contribution < -0.4 is 5.73 Å². The van der Waals surface area contributed by atoms with E-state index < -0.39 is 5.97 Å². The van der Waals surface area contributed by atoms with Gasteiger partial charge in [-0.2, -0.15) is 0 Å². The first kappa shape index (κ1) is 10.4. The van der Waals surface area contributed by atoms with Crippen molar-refractivity contribution in [2.45, 2.75) is 26.2 Å². The van der Waals surface area contributed by atoms with Crippen LogP contribution in [-0.2, 0) is 14.2 Å². The van der Waals surface area contributed by atoms with E-state index in [0.717, 1.165) is 26.2 Å². The minimum atomic E-state index is -0.846. The molecular weight excluding hydrogens is 182 g/mol. The monoisotopic (exact) mass is 201 g/mol. The largest absolute Gasteiger partial charge is 0.330 e. The van der Waals surface area contributed by atoms with Crippen LogP contribution in [0.3, 0.4) is 0 Å². The van der Waals surface area contributed by atoms with Crippen LogP contribution in [-0.4, -0.2) is 32.3 Å². The van der Waals surface area contributed by atoms with E-state index in [1.165, 1.54) is 0 Å². The average Bonchev–Trinajstić information content (AvgIpc) is 2.20. The number of hydrogen-bond acceptors (Lipinski definition) is 4. The maximum absolute atomic E-state index is 5.68. The van der Waals surface area contributed by atoms with Crippen LogP contribution in [0.5, 0.6) is 0 Å². The average molecular weight is 201 g/mol. The molecule has 2 N–H and O–H groups in total. The third kappa shape index (κ3) is 1.46. The van der Waals surface area contributed by atoms with Crippen LogP contribution in [0, 0.1) is 11.3 Å². The molecule has 3 fully saturated rings. The molecule has 0 radical (unpaired) electrons. The molecule has 2 bridgehead atoms. The molecule has 4 heteroatoms. The van der Waals surface area contributed by atoms with Gasteiger partial charge >= 0.3 is 0 Å². The van der Waals surface area contributed by atoms with Gasteiger partial charge in [-0.3, -0.25) is 0 Å². The molecule has 3 saturated heterocycles. The topological polar surface area (TPSA) is 53.7 Å². The second-order valence-electron chi connectivity index (χ2n) is 4.78. The maximum atomic E-state index is 5.68. The lowest BCUT2D eigenvalue weighted by Gasteiger charge is -2.52. The van der Waals surface area contributed by atoms with Crippen molar-refractivity contribution < 1.29 is 14.2 Å². The summed E-state index contributed by atoms with van der Waals surface area (Å²) in [5.74, 6) is -0.438. The zero-order valence-electron chi connectivity index (χ0n) is 8.91.